The van der Waals surface area contributed by atoms with Gasteiger partial charge in [-0.15, -0.1) is 0 Å². The van der Waals surface area contributed by atoms with E-state index in [1.807, 2.05) is 11.8 Å². The summed E-state index contributed by atoms with van der Waals surface area (Å²) in [5, 5.41) is 3.27. The number of rotatable bonds is 2. The van der Waals surface area contributed by atoms with E-state index < -0.39 is 0 Å². The zero-order valence-corrected chi connectivity index (χ0v) is 11.6. The van der Waals surface area contributed by atoms with Crippen molar-refractivity contribution in [1.82, 2.24) is 19.1 Å². The smallest absolute Gasteiger partial charge is 0.332 e. The molecule has 0 saturated carbocycles. The van der Waals surface area contributed by atoms with Crippen molar-refractivity contribution in [3.63, 3.8) is 0 Å². The summed E-state index contributed by atoms with van der Waals surface area (Å²) >= 11 is 1.89. The molecule has 0 amide bonds. The van der Waals surface area contributed by atoms with Crippen LogP contribution in [0.2, 0.25) is 0 Å². The third-order valence-electron chi connectivity index (χ3n) is 3.37. The van der Waals surface area contributed by atoms with Crippen LogP contribution < -0.4 is 16.6 Å². The van der Waals surface area contributed by atoms with Crippen molar-refractivity contribution in [2.45, 2.75) is 12.5 Å². The molecule has 0 spiro atoms. The minimum absolute atomic E-state index is 0.348. The minimum Gasteiger partial charge on any atom is -0.352 e. The number of nitrogens with zero attached hydrogens (tertiary/aromatic N) is 3. The maximum Gasteiger partial charge on any atom is 0.332 e. The second-order valence-electron chi connectivity index (χ2n) is 4.69. The number of fused-ring (bicyclic) bond motifs is 1. The van der Waals surface area contributed by atoms with E-state index in [1.54, 1.807) is 7.05 Å². The second-order valence-corrected chi connectivity index (χ2v) is 5.84. The number of hydrogen-bond donors (Lipinski definition) is 2. The first-order valence-corrected chi connectivity index (χ1v) is 7.23. The maximum absolute atomic E-state index is 12.0. The molecule has 0 radical (unpaired) electrons. The Morgan fingerprint density at radius 2 is 2.16 bits per heavy atom. The molecule has 102 valence electrons. The van der Waals surface area contributed by atoms with Crippen LogP contribution in [0.1, 0.15) is 6.42 Å². The van der Waals surface area contributed by atoms with Crippen LogP contribution in [-0.4, -0.2) is 36.6 Å². The molecule has 0 bridgehead atoms. The van der Waals surface area contributed by atoms with Crippen molar-refractivity contribution in [3.8, 4) is 0 Å². The Morgan fingerprint density at radius 3 is 2.84 bits per heavy atom. The Hall–Kier alpha value is -1.70. The third kappa shape index (κ3) is 1.95. The number of aromatic nitrogens is 4. The third-order valence-corrected chi connectivity index (χ3v) is 4.53. The van der Waals surface area contributed by atoms with E-state index in [1.165, 1.54) is 11.6 Å². The fourth-order valence-corrected chi connectivity index (χ4v) is 3.39. The van der Waals surface area contributed by atoms with Crippen LogP contribution in [0.5, 0.6) is 0 Å². The fourth-order valence-electron chi connectivity index (χ4n) is 2.24. The first-order chi connectivity index (χ1) is 9.08. The van der Waals surface area contributed by atoms with Gasteiger partial charge in [-0.1, -0.05) is 0 Å². The molecule has 1 aliphatic heterocycles. The van der Waals surface area contributed by atoms with Crippen LogP contribution in [0.4, 0.5) is 5.95 Å². The summed E-state index contributed by atoms with van der Waals surface area (Å²) in [5.41, 5.74) is 0.0328. The highest BCUT2D eigenvalue weighted by Crippen LogP contribution is 2.20. The summed E-state index contributed by atoms with van der Waals surface area (Å²) < 4.78 is 2.46. The van der Waals surface area contributed by atoms with Crippen LogP contribution in [0.3, 0.4) is 0 Å². The van der Waals surface area contributed by atoms with Crippen molar-refractivity contribution in [3.05, 3.63) is 20.8 Å². The lowest BCUT2D eigenvalue weighted by Crippen LogP contribution is -2.36. The molecule has 1 unspecified atom stereocenters. The van der Waals surface area contributed by atoms with Gasteiger partial charge in [0.2, 0.25) is 5.95 Å². The number of aryl methyl sites for hydroxylation is 1. The molecule has 3 rings (SSSR count). The molecule has 1 saturated heterocycles. The molecular formula is C11H15N5O2S. The van der Waals surface area contributed by atoms with Gasteiger partial charge in [0, 0.05) is 25.9 Å². The van der Waals surface area contributed by atoms with Crippen molar-refractivity contribution in [2.24, 2.45) is 14.1 Å². The van der Waals surface area contributed by atoms with Crippen LogP contribution >= 0.6 is 11.8 Å². The lowest BCUT2D eigenvalue weighted by Gasteiger charge is -2.08. The summed E-state index contributed by atoms with van der Waals surface area (Å²) in [6.07, 6.45) is 1.08. The number of nitrogens with one attached hydrogen (secondary N) is 2. The molecule has 0 aromatic carbocycles. The summed E-state index contributed by atoms with van der Waals surface area (Å²) in [4.78, 5) is 31.1. The van der Waals surface area contributed by atoms with Gasteiger partial charge in [-0.3, -0.25) is 13.9 Å². The average molecular weight is 281 g/mol. The highest BCUT2D eigenvalue weighted by molar-refractivity contribution is 7.99. The van der Waals surface area contributed by atoms with E-state index in [-0.39, 0.29) is 11.2 Å². The molecule has 1 atom stereocenters. The number of H-pyrrole nitrogens is 1. The van der Waals surface area contributed by atoms with Crippen molar-refractivity contribution in [1.29, 1.82) is 0 Å². The molecule has 0 aliphatic carbocycles. The molecule has 1 aliphatic rings. The van der Waals surface area contributed by atoms with Crippen LogP contribution in [0.15, 0.2) is 9.59 Å². The monoisotopic (exact) mass is 281 g/mol. The number of thioether (sulfide) groups is 1. The second kappa shape index (κ2) is 4.44. The summed E-state index contributed by atoms with van der Waals surface area (Å²) in [6, 6.07) is 0.367. The Balaban J connectivity index is 2.10. The van der Waals surface area contributed by atoms with E-state index >= 15 is 0 Å². The van der Waals surface area contributed by atoms with Crippen molar-refractivity contribution in [2.75, 3.05) is 16.8 Å². The topological polar surface area (TPSA) is 84.7 Å². The van der Waals surface area contributed by atoms with E-state index in [0.717, 1.165) is 22.5 Å². The first-order valence-electron chi connectivity index (χ1n) is 6.08. The van der Waals surface area contributed by atoms with Gasteiger partial charge in [0.25, 0.3) is 5.56 Å². The molecule has 3 heterocycles. The Bertz CT molecular complexity index is 738. The zero-order valence-electron chi connectivity index (χ0n) is 10.8. The van der Waals surface area contributed by atoms with Gasteiger partial charge in [-0.2, -0.15) is 16.7 Å². The lowest BCUT2D eigenvalue weighted by atomic mass is 10.3. The maximum atomic E-state index is 12.0. The van der Waals surface area contributed by atoms with Gasteiger partial charge in [-0.25, -0.2) is 4.79 Å². The van der Waals surface area contributed by atoms with Gasteiger partial charge < -0.3 is 10.3 Å². The Morgan fingerprint density at radius 1 is 1.37 bits per heavy atom. The number of hydrogen-bond acceptors (Lipinski definition) is 5. The van der Waals surface area contributed by atoms with Crippen molar-refractivity contribution < 1.29 is 0 Å². The van der Waals surface area contributed by atoms with E-state index in [0.29, 0.717) is 23.2 Å². The number of anilines is 1. The SMILES string of the molecule is Cn1c(=O)c2[nH]c(NC3CCSC3)nc2n(C)c1=O. The molecule has 2 aromatic rings. The standard InChI is InChI=1S/C11H15N5O2S/c1-15-8-7(9(17)16(2)11(15)18)13-10(14-8)12-6-3-4-19-5-6/h6H,3-5H2,1-2H3,(H2,12,13,14). The Kier molecular flexibility index (Phi) is 2.89. The molecule has 2 aromatic heterocycles. The van der Waals surface area contributed by atoms with E-state index in [9.17, 15) is 9.59 Å². The zero-order chi connectivity index (χ0) is 13.6. The average Bonchev–Trinajstić information content (AvgIpc) is 3.04. The lowest BCUT2D eigenvalue weighted by molar-refractivity contribution is 0.708. The Labute approximate surface area is 113 Å². The fraction of sp³-hybridized carbons (Fsp3) is 0.545. The number of imidazole rings is 1. The van der Waals surface area contributed by atoms with Crippen LogP contribution in [-0.2, 0) is 14.1 Å². The van der Waals surface area contributed by atoms with E-state index in [4.69, 9.17) is 0 Å². The normalized spacial score (nSPS) is 19.2. The van der Waals surface area contributed by atoms with Gasteiger partial charge in [-0.05, 0) is 12.2 Å². The summed E-state index contributed by atoms with van der Waals surface area (Å²) in [7, 11) is 3.08. The molecule has 7 nitrogen and oxygen atoms in total. The van der Waals surface area contributed by atoms with Gasteiger partial charge >= 0.3 is 5.69 Å². The summed E-state index contributed by atoms with van der Waals surface area (Å²) in [5.74, 6) is 2.73. The molecule has 8 heteroatoms. The van der Waals surface area contributed by atoms with Crippen LogP contribution in [0, 0.1) is 0 Å². The molecule has 19 heavy (non-hydrogen) atoms. The largest absolute Gasteiger partial charge is 0.352 e. The molecule has 2 N–H and O–H groups in total. The van der Waals surface area contributed by atoms with Crippen molar-refractivity contribution >= 4 is 28.9 Å². The predicted octanol–water partition coefficient (Wildman–Crippen LogP) is -0.122. The van der Waals surface area contributed by atoms with Gasteiger partial charge in [0.15, 0.2) is 11.2 Å². The van der Waals surface area contributed by atoms with Crippen LogP contribution in [0.25, 0.3) is 11.2 Å². The van der Waals surface area contributed by atoms with Gasteiger partial charge in [0.05, 0.1) is 0 Å². The molecular weight excluding hydrogens is 266 g/mol. The molecule has 1 fully saturated rings. The number of aromatic amines is 1. The van der Waals surface area contributed by atoms with E-state index in [2.05, 4.69) is 15.3 Å². The highest BCUT2D eigenvalue weighted by Gasteiger charge is 2.18. The predicted molar refractivity (Wildman–Crippen MR) is 75.9 cm³/mol. The minimum atomic E-state index is -0.369. The first kappa shape index (κ1) is 12.3. The van der Waals surface area contributed by atoms with Gasteiger partial charge in [0.1, 0.15) is 0 Å². The highest BCUT2D eigenvalue weighted by atomic mass is 32.2. The summed E-state index contributed by atoms with van der Waals surface area (Å²) in [6.45, 7) is 0. The quantitative estimate of drug-likeness (QED) is 0.801.